The lowest BCUT2D eigenvalue weighted by Crippen LogP contribution is -2.46. The van der Waals surface area contributed by atoms with Crippen molar-refractivity contribution in [1.82, 2.24) is 10.3 Å². The summed E-state index contributed by atoms with van der Waals surface area (Å²) in [6.45, 7) is 1.47. The molecule has 0 aliphatic rings. The summed E-state index contributed by atoms with van der Waals surface area (Å²) in [5.74, 6) is -1.06. The predicted molar refractivity (Wildman–Crippen MR) is 72.5 cm³/mol. The fraction of sp³-hybridized carbons (Fsp3) is 0.200. The summed E-state index contributed by atoms with van der Waals surface area (Å²) in [5, 5.41) is 12.3. The van der Waals surface area contributed by atoms with Gasteiger partial charge in [-0.1, -0.05) is 30.3 Å². The molecule has 1 unspecified atom stereocenters. The number of hydrogen-bond acceptors (Lipinski definition) is 3. The Balaban J connectivity index is 2.22. The highest BCUT2D eigenvalue weighted by Crippen LogP contribution is 2.20. The number of aromatic nitrogens is 1. The van der Waals surface area contributed by atoms with Gasteiger partial charge in [0.1, 0.15) is 0 Å². The first-order valence-corrected chi connectivity index (χ1v) is 6.15. The molecule has 0 aliphatic carbocycles. The van der Waals surface area contributed by atoms with E-state index < -0.39 is 17.4 Å². The Bertz CT molecular complexity index is 587. The van der Waals surface area contributed by atoms with Crippen LogP contribution in [0.5, 0.6) is 0 Å². The summed E-state index contributed by atoms with van der Waals surface area (Å²) < 4.78 is 12.7. The normalized spacial score (nSPS) is 13.6. The fourth-order valence-corrected chi connectivity index (χ4v) is 1.84. The number of nitrogens with zero attached hydrogens (tertiary/aromatic N) is 1. The minimum Gasteiger partial charge on any atom is -0.394 e. The molecule has 0 fully saturated rings. The molecule has 1 aromatic carbocycles. The van der Waals surface area contributed by atoms with E-state index in [4.69, 9.17) is 0 Å². The number of benzene rings is 1. The third-order valence-corrected chi connectivity index (χ3v) is 3.11. The number of hydrogen-bond donors (Lipinski definition) is 2. The Hall–Kier alpha value is -2.27. The summed E-state index contributed by atoms with van der Waals surface area (Å²) in [4.78, 5) is 15.6. The maximum Gasteiger partial charge on any atom is 0.253 e. The molecule has 4 nitrogen and oxygen atoms in total. The lowest BCUT2D eigenvalue weighted by atomic mass is 9.92. The van der Waals surface area contributed by atoms with Gasteiger partial charge in [-0.15, -0.1) is 0 Å². The van der Waals surface area contributed by atoms with Crippen LogP contribution in [0.1, 0.15) is 22.8 Å². The zero-order chi connectivity index (χ0) is 14.6. The van der Waals surface area contributed by atoms with Crippen LogP contribution in [0.2, 0.25) is 0 Å². The van der Waals surface area contributed by atoms with E-state index in [9.17, 15) is 14.3 Å². The van der Waals surface area contributed by atoms with Crippen molar-refractivity contribution < 1.29 is 14.3 Å². The van der Waals surface area contributed by atoms with E-state index in [1.165, 1.54) is 6.07 Å². The minimum absolute atomic E-state index is 0.238. The van der Waals surface area contributed by atoms with Crippen molar-refractivity contribution in [3.8, 4) is 0 Å². The molecule has 2 N–H and O–H groups in total. The second kappa shape index (κ2) is 5.79. The highest BCUT2D eigenvalue weighted by Gasteiger charge is 2.28. The average Bonchev–Trinajstić information content (AvgIpc) is 2.48. The molecule has 2 aromatic rings. The second-order valence-electron chi connectivity index (χ2n) is 4.68. The summed E-state index contributed by atoms with van der Waals surface area (Å²) in [6.07, 6.45) is 1.16. The third kappa shape index (κ3) is 3.00. The number of amides is 1. The molecule has 20 heavy (non-hydrogen) atoms. The Morgan fingerprint density at radius 3 is 2.55 bits per heavy atom. The number of halogens is 1. The molecule has 1 heterocycles. The van der Waals surface area contributed by atoms with Crippen molar-refractivity contribution in [3.05, 3.63) is 65.7 Å². The lowest BCUT2D eigenvalue weighted by molar-refractivity contribution is 0.0849. The van der Waals surface area contributed by atoms with Crippen LogP contribution < -0.4 is 5.32 Å². The highest BCUT2D eigenvalue weighted by atomic mass is 19.1. The molecule has 1 aromatic heterocycles. The van der Waals surface area contributed by atoms with E-state index in [0.29, 0.717) is 0 Å². The SMILES string of the molecule is CC(CO)(NC(=O)c1ccc(F)nc1)c1ccccc1. The van der Waals surface area contributed by atoms with E-state index in [0.717, 1.165) is 17.8 Å². The summed E-state index contributed by atoms with van der Waals surface area (Å²) in [6, 6.07) is 11.6. The van der Waals surface area contributed by atoms with Gasteiger partial charge < -0.3 is 10.4 Å². The van der Waals surface area contributed by atoms with Gasteiger partial charge in [0.05, 0.1) is 17.7 Å². The number of pyridine rings is 1. The van der Waals surface area contributed by atoms with Gasteiger partial charge in [0, 0.05) is 6.20 Å². The number of aliphatic hydroxyl groups is 1. The summed E-state index contributed by atoms with van der Waals surface area (Å²) in [5.41, 5.74) is 0.111. The van der Waals surface area contributed by atoms with Crippen LogP contribution in [-0.4, -0.2) is 22.6 Å². The van der Waals surface area contributed by atoms with Gasteiger partial charge in [-0.25, -0.2) is 4.98 Å². The Morgan fingerprint density at radius 1 is 1.30 bits per heavy atom. The molecule has 0 bridgehead atoms. The van der Waals surface area contributed by atoms with Crippen LogP contribution in [0.4, 0.5) is 4.39 Å². The fourth-order valence-electron chi connectivity index (χ4n) is 1.84. The van der Waals surface area contributed by atoms with Crippen LogP contribution >= 0.6 is 0 Å². The van der Waals surface area contributed by atoms with Crippen LogP contribution in [0.15, 0.2) is 48.7 Å². The van der Waals surface area contributed by atoms with Crippen LogP contribution in [-0.2, 0) is 5.54 Å². The number of rotatable bonds is 4. The minimum atomic E-state index is -0.910. The molecule has 2 rings (SSSR count). The van der Waals surface area contributed by atoms with E-state index in [-0.39, 0.29) is 12.2 Å². The van der Waals surface area contributed by atoms with Crippen molar-refractivity contribution in [2.24, 2.45) is 0 Å². The maximum absolute atomic E-state index is 12.7. The van der Waals surface area contributed by atoms with E-state index >= 15 is 0 Å². The average molecular weight is 274 g/mol. The molecule has 0 saturated heterocycles. The van der Waals surface area contributed by atoms with Crippen molar-refractivity contribution in [2.45, 2.75) is 12.5 Å². The molecule has 5 heteroatoms. The molecular weight excluding hydrogens is 259 g/mol. The zero-order valence-corrected chi connectivity index (χ0v) is 11.0. The molecule has 1 atom stereocenters. The maximum atomic E-state index is 12.7. The predicted octanol–water partition coefficient (Wildman–Crippen LogP) is 1.86. The van der Waals surface area contributed by atoms with Gasteiger partial charge >= 0.3 is 0 Å². The number of carbonyl (C=O) groups excluding carboxylic acids is 1. The van der Waals surface area contributed by atoms with E-state index in [1.807, 2.05) is 30.3 Å². The highest BCUT2D eigenvalue weighted by molar-refractivity contribution is 5.94. The molecule has 0 spiro atoms. The second-order valence-corrected chi connectivity index (χ2v) is 4.68. The molecule has 0 radical (unpaired) electrons. The first-order chi connectivity index (χ1) is 9.55. The molecule has 104 valence electrons. The van der Waals surface area contributed by atoms with Gasteiger partial charge in [-0.05, 0) is 24.6 Å². The largest absolute Gasteiger partial charge is 0.394 e. The zero-order valence-electron chi connectivity index (χ0n) is 11.0. The van der Waals surface area contributed by atoms with Crippen molar-refractivity contribution >= 4 is 5.91 Å². The van der Waals surface area contributed by atoms with Gasteiger partial charge in [-0.2, -0.15) is 4.39 Å². The number of carbonyl (C=O) groups is 1. The summed E-state index contributed by atoms with van der Waals surface area (Å²) >= 11 is 0. The van der Waals surface area contributed by atoms with Gasteiger partial charge in [0.25, 0.3) is 5.91 Å². The van der Waals surface area contributed by atoms with Crippen molar-refractivity contribution in [2.75, 3.05) is 6.61 Å². The topological polar surface area (TPSA) is 62.2 Å². The van der Waals surface area contributed by atoms with Crippen LogP contribution in [0, 0.1) is 5.95 Å². The first kappa shape index (κ1) is 14.1. The third-order valence-electron chi connectivity index (χ3n) is 3.11. The van der Waals surface area contributed by atoms with Gasteiger partial charge in [0.15, 0.2) is 0 Å². The Morgan fingerprint density at radius 2 is 2.00 bits per heavy atom. The quantitative estimate of drug-likeness (QED) is 0.836. The van der Waals surface area contributed by atoms with Crippen LogP contribution in [0.25, 0.3) is 0 Å². The van der Waals surface area contributed by atoms with E-state index in [2.05, 4.69) is 10.3 Å². The number of aliphatic hydroxyl groups excluding tert-OH is 1. The van der Waals surface area contributed by atoms with Crippen molar-refractivity contribution in [1.29, 1.82) is 0 Å². The molecule has 1 amide bonds. The van der Waals surface area contributed by atoms with Crippen molar-refractivity contribution in [3.63, 3.8) is 0 Å². The lowest BCUT2D eigenvalue weighted by Gasteiger charge is -2.29. The van der Waals surface area contributed by atoms with Gasteiger partial charge in [0.2, 0.25) is 5.95 Å². The molecular formula is C15H15FN2O2. The Kier molecular flexibility index (Phi) is 4.10. The summed E-state index contributed by atoms with van der Waals surface area (Å²) in [7, 11) is 0. The molecule has 0 aliphatic heterocycles. The monoisotopic (exact) mass is 274 g/mol. The van der Waals surface area contributed by atoms with Crippen LogP contribution in [0.3, 0.4) is 0 Å². The first-order valence-electron chi connectivity index (χ1n) is 6.15. The number of nitrogens with one attached hydrogen (secondary N) is 1. The Labute approximate surface area is 116 Å². The molecule has 0 saturated carbocycles. The smallest absolute Gasteiger partial charge is 0.253 e. The van der Waals surface area contributed by atoms with Gasteiger partial charge in [-0.3, -0.25) is 4.79 Å². The standard InChI is InChI=1S/C15H15FN2O2/c1-15(10-19,12-5-3-2-4-6-12)18-14(20)11-7-8-13(16)17-9-11/h2-9,19H,10H2,1H3,(H,18,20). The van der Waals surface area contributed by atoms with E-state index in [1.54, 1.807) is 6.92 Å².